The third-order valence-electron chi connectivity index (χ3n) is 2.05. The lowest BCUT2D eigenvalue weighted by Crippen LogP contribution is -1.82. The zero-order chi connectivity index (χ0) is 8.55. The molecule has 0 aliphatic heterocycles. The van der Waals surface area contributed by atoms with Crippen LogP contribution in [0.5, 0.6) is 5.75 Å². The van der Waals surface area contributed by atoms with Gasteiger partial charge >= 0.3 is 0 Å². The molecule has 0 spiro atoms. The van der Waals surface area contributed by atoms with Crippen molar-refractivity contribution in [2.45, 2.75) is 18.8 Å². The summed E-state index contributed by atoms with van der Waals surface area (Å²) in [4.78, 5) is 12.6. The van der Waals surface area contributed by atoms with E-state index in [1.54, 1.807) is 18.4 Å². The first-order valence-electron chi connectivity index (χ1n) is 3.98. The molecule has 0 N–H and O–H groups in total. The highest BCUT2D eigenvalue weighted by Crippen LogP contribution is 2.45. The summed E-state index contributed by atoms with van der Waals surface area (Å²) in [5, 5.41) is 0. The number of hydrogen-bond acceptors (Lipinski definition) is 3. The van der Waals surface area contributed by atoms with Crippen molar-refractivity contribution in [3.8, 4) is 5.75 Å². The molecule has 1 saturated carbocycles. The number of aldehydes is 1. The number of carbonyl (C=O) groups is 1. The van der Waals surface area contributed by atoms with Gasteiger partial charge in [-0.2, -0.15) is 0 Å². The van der Waals surface area contributed by atoms with Crippen molar-refractivity contribution < 1.29 is 9.53 Å². The molecule has 0 bridgehead atoms. The summed E-state index contributed by atoms with van der Waals surface area (Å²) in [6.07, 6.45) is 3.40. The molecule has 2 rings (SSSR count). The highest BCUT2D eigenvalue weighted by atomic mass is 32.1. The van der Waals surface area contributed by atoms with Crippen LogP contribution in [0.2, 0.25) is 0 Å². The Hall–Kier alpha value is -0.830. The Morgan fingerprint density at radius 3 is 2.83 bits per heavy atom. The van der Waals surface area contributed by atoms with Crippen LogP contribution in [-0.2, 0) is 0 Å². The Morgan fingerprint density at radius 2 is 2.42 bits per heavy atom. The standard InChI is InChI=1S/C9H10O2S/c1-11-7-4-8(6-2-3-6)12-9(7)5-10/h4-6H,2-3H2,1H3. The van der Waals surface area contributed by atoms with Gasteiger partial charge in [0.2, 0.25) is 0 Å². The molecule has 0 unspecified atom stereocenters. The van der Waals surface area contributed by atoms with Crippen LogP contribution in [-0.4, -0.2) is 13.4 Å². The summed E-state index contributed by atoms with van der Waals surface area (Å²) in [6.45, 7) is 0. The summed E-state index contributed by atoms with van der Waals surface area (Å²) >= 11 is 1.56. The van der Waals surface area contributed by atoms with E-state index in [9.17, 15) is 4.79 Å². The number of ether oxygens (including phenoxy) is 1. The minimum Gasteiger partial charge on any atom is -0.495 e. The highest BCUT2D eigenvalue weighted by Gasteiger charge is 2.26. The van der Waals surface area contributed by atoms with Crippen molar-refractivity contribution in [1.29, 1.82) is 0 Å². The van der Waals surface area contributed by atoms with E-state index in [0.717, 1.165) is 16.9 Å². The van der Waals surface area contributed by atoms with Crippen LogP contribution in [0, 0.1) is 0 Å². The molecule has 0 saturated heterocycles. The summed E-state index contributed by atoms with van der Waals surface area (Å²) in [5.41, 5.74) is 0. The molecular weight excluding hydrogens is 172 g/mol. The largest absolute Gasteiger partial charge is 0.495 e. The fourth-order valence-electron chi connectivity index (χ4n) is 1.22. The van der Waals surface area contributed by atoms with E-state index in [4.69, 9.17) is 4.74 Å². The maximum absolute atomic E-state index is 10.6. The summed E-state index contributed by atoms with van der Waals surface area (Å²) in [6, 6.07) is 1.99. The maximum Gasteiger partial charge on any atom is 0.163 e. The zero-order valence-corrected chi connectivity index (χ0v) is 7.69. The maximum atomic E-state index is 10.6. The van der Waals surface area contributed by atoms with Crippen molar-refractivity contribution in [3.63, 3.8) is 0 Å². The van der Waals surface area contributed by atoms with Gasteiger partial charge in [0.1, 0.15) is 10.6 Å². The Labute approximate surface area is 75.2 Å². The molecule has 0 amide bonds. The van der Waals surface area contributed by atoms with Crippen LogP contribution in [0.15, 0.2) is 6.07 Å². The van der Waals surface area contributed by atoms with Crippen molar-refractivity contribution >= 4 is 17.6 Å². The molecule has 1 aromatic heterocycles. The van der Waals surface area contributed by atoms with Gasteiger partial charge in [0.05, 0.1) is 7.11 Å². The van der Waals surface area contributed by atoms with E-state index in [1.807, 2.05) is 6.07 Å². The van der Waals surface area contributed by atoms with E-state index < -0.39 is 0 Å². The molecule has 1 aromatic rings. The third-order valence-corrected chi connectivity index (χ3v) is 3.25. The SMILES string of the molecule is COc1cc(C2CC2)sc1C=O. The molecule has 1 aliphatic carbocycles. The normalized spacial score (nSPS) is 16.1. The molecule has 0 radical (unpaired) electrons. The highest BCUT2D eigenvalue weighted by molar-refractivity contribution is 7.14. The van der Waals surface area contributed by atoms with Crippen LogP contribution < -0.4 is 4.74 Å². The first-order chi connectivity index (χ1) is 5.85. The van der Waals surface area contributed by atoms with E-state index in [1.165, 1.54) is 17.7 Å². The van der Waals surface area contributed by atoms with Crippen molar-refractivity contribution in [1.82, 2.24) is 0 Å². The van der Waals surface area contributed by atoms with Crippen LogP contribution in [0.1, 0.15) is 33.3 Å². The summed E-state index contributed by atoms with van der Waals surface area (Å²) < 4.78 is 5.07. The molecule has 0 aromatic carbocycles. The minimum atomic E-state index is 0.706. The predicted octanol–water partition coefficient (Wildman–Crippen LogP) is 2.45. The number of methoxy groups -OCH3 is 1. The van der Waals surface area contributed by atoms with Gasteiger partial charge in [-0.25, -0.2) is 0 Å². The van der Waals surface area contributed by atoms with E-state index >= 15 is 0 Å². The Kier molecular flexibility index (Phi) is 1.89. The van der Waals surface area contributed by atoms with Gasteiger partial charge in [0.25, 0.3) is 0 Å². The van der Waals surface area contributed by atoms with E-state index in [0.29, 0.717) is 5.92 Å². The van der Waals surface area contributed by atoms with Gasteiger partial charge in [-0.05, 0) is 24.8 Å². The molecule has 64 valence electrons. The minimum absolute atomic E-state index is 0.706. The van der Waals surface area contributed by atoms with Gasteiger partial charge in [-0.1, -0.05) is 0 Å². The second kappa shape index (κ2) is 2.90. The second-order valence-corrected chi connectivity index (χ2v) is 4.09. The molecule has 12 heavy (non-hydrogen) atoms. The van der Waals surface area contributed by atoms with Crippen molar-refractivity contribution in [2.24, 2.45) is 0 Å². The summed E-state index contributed by atoms with van der Waals surface area (Å²) in [5.74, 6) is 1.44. The first-order valence-corrected chi connectivity index (χ1v) is 4.79. The Bertz CT molecular complexity index is 299. The van der Waals surface area contributed by atoms with Crippen molar-refractivity contribution in [2.75, 3.05) is 7.11 Å². The van der Waals surface area contributed by atoms with Crippen molar-refractivity contribution in [3.05, 3.63) is 15.8 Å². The fourth-order valence-corrected chi connectivity index (χ4v) is 2.33. The molecule has 1 heterocycles. The molecule has 2 nitrogen and oxygen atoms in total. The van der Waals surface area contributed by atoms with Crippen LogP contribution in [0.4, 0.5) is 0 Å². The predicted molar refractivity (Wildman–Crippen MR) is 48.2 cm³/mol. The lowest BCUT2D eigenvalue weighted by Gasteiger charge is -1.92. The van der Waals surface area contributed by atoms with Crippen LogP contribution >= 0.6 is 11.3 Å². The molecule has 1 aliphatic rings. The van der Waals surface area contributed by atoms with Gasteiger partial charge in [-0.15, -0.1) is 11.3 Å². The second-order valence-electron chi connectivity index (χ2n) is 2.97. The van der Waals surface area contributed by atoms with Gasteiger partial charge < -0.3 is 4.74 Å². The fraction of sp³-hybridized carbons (Fsp3) is 0.444. The number of hydrogen-bond donors (Lipinski definition) is 0. The topological polar surface area (TPSA) is 26.3 Å². The third kappa shape index (κ3) is 1.25. The summed E-state index contributed by atoms with van der Waals surface area (Å²) in [7, 11) is 1.60. The Morgan fingerprint density at radius 1 is 1.67 bits per heavy atom. The lowest BCUT2D eigenvalue weighted by atomic mass is 10.3. The van der Waals surface area contributed by atoms with Crippen LogP contribution in [0.25, 0.3) is 0 Å². The van der Waals surface area contributed by atoms with Gasteiger partial charge in [-0.3, -0.25) is 4.79 Å². The number of rotatable bonds is 3. The average Bonchev–Trinajstić information content (AvgIpc) is 2.85. The number of carbonyl (C=O) groups excluding carboxylic acids is 1. The van der Waals surface area contributed by atoms with Crippen LogP contribution in [0.3, 0.4) is 0 Å². The Balaban J connectivity index is 2.33. The first kappa shape index (κ1) is 7.80. The molecule has 1 fully saturated rings. The zero-order valence-electron chi connectivity index (χ0n) is 6.87. The molecular formula is C9H10O2S. The smallest absolute Gasteiger partial charge is 0.163 e. The van der Waals surface area contributed by atoms with Gasteiger partial charge in [0.15, 0.2) is 6.29 Å². The molecule has 0 atom stereocenters. The number of thiophene rings is 1. The van der Waals surface area contributed by atoms with Gasteiger partial charge in [0, 0.05) is 4.88 Å². The monoisotopic (exact) mass is 182 g/mol. The molecule has 3 heteroatoms. The van der Waals surface area contributed by atoms with E-state index in [2.05, 4.69) is 0 Å². The van der Waals surface area contributed by atoms with E-state index in [-0.39, 0.29) is 0 Å². The quantitative estimate of drug-likeness (QED) is 0.671. The average molecular weight is 182 g/mol. The lowest BCUT2D eigenvalue weighted by molar-refractivity contribution is 0.112.